The maximum absolute atomic E-state index is 9.97. The summed E-state index contributed by atoms with van der Waals surface area (Å²) in [5.74, 6) is 0.857. The number of aliphatic hydroxyl groups excluding tert-OH is 1. The zero-order valence-corrected chi connectivity index (χ0v) is 12.7. The second-order valence-electron chi connectivity index (χ2n) is 6.07. The third-order valence-electron chi connectivity index (χ3n) is 4.57. The molecule has 1 aliphatic carbocycles. The molecule has 2 rings (SSSR count). The highest BCUT2D eigenvalue weighted by Crippen LogP contribution is 2.42. The van der Waals surface area contributed by atoms with Crippen LogP contribution in [0.2, 0.25) is 0 Å². The summed E-state index contributed by atoms with van der Waals surface area (Å²) in [4.78, 5) is 0. The molecule has 1 saturated carbocycles. The van der Waals surface area contributed by atoms with Crippen LogP contribution in [0.1, 0.15) is 38.2 Å². The zero-order valence-electron chi connectivity index (χ0n) is 12.7. The molecule has 1 aromatic carbocycles. The summed E-state index contributed by atoms with van der Waals surface area (Å²) in [5.41, 5.74) is 1.60. The van der Waals surface area contributed by atoms with Crippen LogP contribution in [0.3, 0.4) is 0 Å². The molecular formula is C17H27NO2. The average molecular weight is 277 g/mol. The molecule has 0 amide bonds. The molecule has 1 aromatic rings. The molecule has 3 heteroatoms. The van der Waals surface area contributed by atoms with E-state index in [1.807, 2.05) is 31.2 Å². The molecule has 2 N–H and O–H groups in total. The van der Waals surface area contributed by atoms with Crippen molar-refractivity contribution in [1.29, 1.82) is 0 Å². The van der Waals surface area contributed by atoms with Crippen LogP contribution in [-0.4, -0.2) is 30.9 Å². The van der Waals surface area contributed by atoms with Crippen LogP contribution in [0, 0.1) is 12.3 Å². The van der Waals surface area contributed by atoms with Gasteiger partial charge in [0.1, 0.15) is 18.5 Å². The molecule has 0 aliphatic heterocycles. The number of nitrogens with one attached hydrogen (secondary N) is 1. The normalized spacial score (nSPS) is 18.4. The quantitative estimate of drug-likeness (QED) is 0.767. The first kappa shape index (κ1) is 15.3. The smallest absolute Gasteiger partial charge is 0.122 e. The number of hydrogen-bond acceptors (Lipinski definition) is 3. The van der Waals surface area contributed by atoms with E-state index >= 15 is 0 Å². The van der Waals surface area contributed by atoms with Gasteiger partial charge in [-0.25, -0.2) is 0 Å². The molecule has 112 valence electrons. The maximum atomic E-state index is 9.97. The zero-order chi connectivity index (χ0) is 14.4. The standard InChI is InChI=1S/C17H27NO2/c1-3-17(9-6-10-17)13-18-11-15(19)12-20-16-8-5-4-7-14(16)2/h4-5,7-8,15,18-19H,3,6,9-13H2,1-2H3. The molecule has 0 radical (unpaired) electrons. The highest BCUT2D eigenvalue weighted by Gasteiger charge is 2.34. The largest absolute Gasteiger partial charge is 0.491 e. The van der Waals surface area contributed by atoms with Crippen LogP contribution in [-0.2, 0) is 0 Å². The van der Waals surface area contributed by atoms with Crippen LogP contribution in [0.4, 0.5) is 0 Å². The molecular weight excluding hydrogens is 250 g/mol. The van der Waals surface area contributed by atoms with Gasteiger partial charge in [0, 0.05) is 13.1 Å². The van der Waals surface area contributed by atoms with Crippen molar-refractivity contribution in [3.8, 4) is 5.75 Å². The maximum Gasteiger partial charge on any atom is 0.122 e. The van der Waals surface area contributed by atoms with Crippen molar-refractivity contribution in [2.75, 3.05) is 19.7 Å². The Morgan fingerprint density at radius 2 is 2.10 bits per heavy atom. The molecule has 1 atom stereocenters. The first-order chi connectivity index (χ1) is 9.65. The Morgan fingerprint density at radius 1 is 1.35 bits per heavy atom. The van der Waals surface area contributed by atoms with Gasteiger partial charge in [-0.3, -0.25) is 0 Å². The summed E-state index contributed by atoms with van der Waals surface area (Å²) in [6.45, 7) is 6.25. The predicted molar refractivity (Wildman–Crippen MR) is 82.1 cm³/mol. The summed E-state index contributed by atoms with van der Waals surface area (Å²) in [7, 11) is 0. The molecule has 0 spiro atoms. The summed E-state index contributed by atoms with van der Waals surface area (Å²) in [6, 6.07) is 7.90. The fourth-order valence-electron chi connectivity index (χ4n) is 2.80. The predicted octanol–water partition coefficient (Wildman–Crippen LogP) is 2.90. The van der Waals surface area contributed by atoms with Gasteiger partial charge in [-0.1, -0.05) is 31.5 Å². The van der Waals surface area contributed by atoms with E-state index in [4.69, 9.17) is 4.74 Å². The van der Waals surface area contributed by atoms with Crippen molar-refractivity contribution in [1.82, 2.24) is 5.32 Å². The molecule has 1 aliphatic rings. The number of hydrogen-bond donors (Lipinski definition) is 2. The van der Waals surface area contributed by atoms with Crippen molar-refractivity contribution in [3.63, 3.8) is 0 Å². The minimum atomic E-state index is -0.455. The Bertz CT molecular complexity index is 410. The number of ether oxygens (including phenoxy) is 1. The third-order valence-corrected chi connectivity index (χ3v) is 4.57. The topological polar surface area (TPSA) is 41.5 Å². The monoisotopic (exact) mass is 277 g/mol. The van der Waals surface area contributed by atoms with Crippen LogP contribution < -0.4 is 10.1 Å². The summed E-state index contributed by atoms with van der Waals surface area (Å²) < 4.78 is 5.66. The minimum absolute atomic E-state index is 0.344. The molecule has 1 fully saturated rings. The van der Waals surface area contributed by atoms with Gasteiger partial charge in [-0.15, -0.1) is 0 Å². The SMILES string of the molecule is CCC1(CNCC(O)COc2ccccc2C)CCC1. The third kappa shape index (κ3) is 3.97. The summed E-state index contributed by atoms with van der Waals surface area (Å²) >= 11 is 0. The highest BCUT2D eigenvalue weighted by atomic mass is 16.5. The first-order valence-corrected chi connectivity index (χ1v) is 7.72. The van der Waals surface area contributed by atoms with Crippen molar-refractivity contribution in [2.45, 2.75) is 45.6 Å². The molecule has 0 saturated heterocycles. The van der Waals surface area contributed by atoms with E-state index in [-0.39, 0.29) is 0 Å². The van der Waals surface area contributed by atoms with E-state index in [1.54, 1.807) is 0 Å². The molecule has 0 aromatic heterocycles. The van der Waals surface area contributed by atoms with Crippen molar-refractivity contribution >= 4 is 0 Å². The van der Waals surface area contributed by atoms with E-state index in [0.29, 0.717) is 18.6 Å². The second-order valence-corrected chi connectivity index (χ2v) is 6.07. The van der Waals surface area contributed by atoms with Crippen LogP contribution in [0.25, 0.3) is 0 Å². The van der Waals surface area contributed by atoms with E-state index in [9.17, 15) is 5.11 Å². The number of aryl methyl sites for hydroxylation is 1. The Morgan fingerprint density at radius 3 is 2.70 bits per heavy atom. The Labute approximate surface area is 122 Å². The fourth-order valence-corrected chi connectivity index (χ4v) is 2.80. The van der Waals surface area contributed by atoms with Gasteiger partial charge < -0.3 is 15.2 Å². The average Bonchev–Trinajstić information content (AvgIpc) is 2.41. The second kappa shape index (κ2) is 7.09. The molecule has 20 heavy (non-hydrogen) atoms. The number of para-hydroxylation sites is 1. The van der Waals surface area contributed by atoms with E-state index in [2.05, 4.69) is 12.2 Å². The summed E-state index contributed by atoms with van der Waals surface area (Å²) in [5, 5.41) is 13.4. The Balaban J connectivity index is 1.65. The van der Waals surface area contributed by atoms with E-state index in [0.717, 1.165) is 17.9 Å². The van der Waals surface area contributed by atoms with Crippen molar-refractivity contribution in [3.05, 3.63) is 29.8 Å². The van der Waals surface area contributed by atoms with Gasteiger partial charge >= 0.3 is 0 Å². The fraction of sp³-hybridized carbons (Fsp3) is 0.647. The molecule has 3 nitrogen and oxygen atoms in total. The van der Waals surface area contributed by atoms with Crippen molar-refractivity contribution in [2.24, 2.45) is 5.41 Å². The lowest BCUT2D eigenvalue weighted by Gasteiger charge is -2.41. The van der Waals surface area contributed by atoms with Crippen LogP contribution in [0.5, 0.6) is 5.75 Å². The Hall–Kier alpha value is -1.06. The van der Waals surface area contributed by atoms with Crippen LogP contribution in [0.15, 0.2) is 24.3 Å². The lowest BCUT2D eigenvalue weighted by Crippen LogP contribution is -2.42. The lowest BCUT2D eigenvalue weighted by molar-refractivity contribution is 0.0867. The van der Waals surface area contributed by atoms with Gasteiger partial charge in [-0.05, 0) is 43.2 Å². The first-order valence-electron chi connectivity index (χ1n) is 7.72. The van der Waals surface area contributed by atoms with Gasteiger partial charge in [0.2, 0.25) is 0 Å². The Kier molecular flexibility index (Phi) is 5.44. The number of rotatable bonds is 8. The van der Waals surface area contributed by atoms with Gasteiger partial charge in [0.05, 0.1) is 0 Å². The summed E-state index contributed by atoms with van der Waals surface area (Å²) in [6.07, 6.45) is 4.78. The van der Waals surface area contributed by atoms with Crippen molar-refractivity contribution < 1.29 is 9.84 Å². The molecule has 1 unspecified atom stereocenters. The van der Waals surface area contributed by atoms with Gasteiger partial charge in [0.25, 0.3) is 0 Å². The van der Waals surface area contributed by atoms with Gasteiger partial charge in [0.15, 0.2) is 0 Å². The molecule has 0 heterocycles. The number of aliphatic hydroxyl groups is 1. The number of benzene rings is 1. The van der Waals surface area contributed by atoms with Gasteiger partial charge in [-0.2, -0.15) is 0 Å². The van der Waals surface area contributed by atoms with Crippen LogP contribution >= 0.6 is 0 Å². The molecule has 0 bridgehead atoms. The van der Waals surface area contributed by atoms with E-state index < -0.39 is 6.10 Å². The lowest BCUT2D eigenvalue weighted by atomic mass is 9.67. The minimum Gasteiger partial charge on any atom is -0.491 e. The van der Waals surface area contributed by atoms with E-state index in [1.165, 1.54) is 25.7 Å². The highest BCUT2D eigenvalue weighted by molar-refractivity contribution is 5.31.